The lowest BCUT2D eigenvalue weighted by Gasteiger charge is -2.28. The summed E-state index contributed by atoms with van der Waals surface area (Å²) in [5, 5.41) is 5.74. The maximum absolute atomic E-state index is 5.45. The second kappa shape index (κ2) is 13.0. The van der Waals surface area contributed by atoms with Crippen LogP contribution in [0.3, 0.4) is 0 Å². The standard InChI is InChI=1S/C57H39N5/c1-57(2)48-23-11-8-19-41(48)42-33-32-39(34-49(42)57)60(37-16-4-3-5-17-37)38-30-28-36(29-31-38)46-35-47-43-20-10-14-26-52(43)61(54(47)44-21-7-6-18-40(44)46)56-59-50-24-12-9-22-45(50)55-58-51-25-13-15-27-53(51)62(55)56/h3-35H,1-2H3. The van der Waals surface area contributed by atoms with E-state index >= 15 is 0 Å². The van der Waals surface area contributed by atoms with E-state index in [-0.39, 0.29) is 5.41 Å². The van der Waals surface area contributed by atoms with Crippen LogP contribution in [0.2, 0.25) is 0 Å². The molecule has 3 heterocycles. The Balaban J connectivity index is 1.01. The minimum absolute atomic E-state index is 0.0973. The Morgan fingerprint density at radius 1 is 0.419 bits per heavy atom. The van der Waals surface area contributed by atoms with Crippen LogP contribution in [0.15, 0.2) is 200 Å². The summed E-state index contributed by atoms with van der Waals surface area (Å²) >= 11 is 0. The van der Waals surface area contributed by atoms with Gasteiger partial charge in [-0.2, -0.15) is 0 Å². The number of fused-ring (bicyclic) bond motifs is 13. The number of aromatic nitrogens is 4. The molecule has 3 aromatic heterocycles. The van der Waals surface area contributed by atoms with Crippen LogP contribution in [-0.2, 0) is 5.41 Å². The van der Waals surface area contributed by atoms with E-state index in [1.54, 1.807) is 0 Å². The van der Waals surface area contributed by atoms with Gasteiger partial charge in [0.15, 0.2) is 0 Å². The molecule has 0 atom stereocenters. The first-order valence-corrected chi connectivity index (χ1v) is 21.3. The number of rotatable bonds is 5. The predicted octanol–water partition coefficient (Wildman–Crippen LogP) is 14.7. The third-order valence-electron chi connectivity index (χ3n) is 13.3. The molecule has 5 nitrogen and oxygen atoms in total. The summed E-state index contributed by atoms with van der Waals surface area (Å²) < 4.78 is 4.60. The maximum Gasteiger partial charge on any atom is 0.221 e. The van der Waals surface area contributed by atoms with E-state index in [4.69, 9.17) is 9.97 Å². The lowest BCUT2D eigenvalue weighted by atomic mass is 9.82. The van der Waals surface area contributed by atoms with E-state index in [0.29, 0.717) is 0 Å². The quantitative estimate of drug-likeness (QED) is 0.174. The first-order valence-electron chi connectivity index (χ1n) is 21.3. The monoisotopic (exact) mass is 793 g/mol. The molecular weight excluding hydrogens is 755 g/mol. The zero-order valence-electron chi connectivity index (χ0n) is 34.3. The highest BCUT2D eigenvalue weighted by molar-refractivity contribution is 6.22. The van der Waals surface area contributed by atoms with Crippen LogP contribution in [0.1, 0.15) is 25.0 Å². The SMILES string of the molecule is CC1(C)c2ccccc2-c2ccc(N(c3ccccc3)c3ccc(-c4cc5c6ccccc6n(-c6nc7ccccc7c7nc8ccccc8n67)c5c5ccccc45)cc3)cc21. The van der Waals surface area contributed by atoms with Crippen molar-refractivity contribution in [3.63, 3.8) is 0 Å². The summed E-state index contributed by atoms with van der Waals surface area (Å²) in [6.07, 6.45) is 0. The van der Waals surface area contributed by atoms with Crippen molar-refractivity contribution in [3.8, 4) is 28.2 Å². The van der Waals surface area contributed by atoms with Gasteiger partial charge in [0.25, 0.3) is 0 Å². The Labute approximate surface area is 358 Å². The third-order valence-corrected chi connectivity index (χ3v) is 13.3. The fourth-order valence-corrected chi connectivity index (χ4v) is 10.4. The summed E-state index contributed by atoms with van der Waals surface area (Å²) in [6, 6.07) is 72.4. The lowest BCUT2D eigenvalue weighted by molar-refractivity contribution is 0.660. The molecular formula is C57H39N5. The molecule has 0 radical (unpaired) electrons. The number of nitrogens with zero attached hydrogens (tertiary/aromatic N) is 5. The van der Waals surface area contributed by atoms with Gasteiger partial charge >= 0.3 is 0 Å². The average molecular weight is 794 g/mol. The van der Waals surface area contributed by atoms with E-state index < -0.39 is 0 Å². The predicted molar refractivity (Wildman–Crippen MR) is 258 cm³/mol. The van der Waals surface area contributed by atoms with Gasteiger partial charge in [-0.3, -0.25) is 8.97 Å². The van der Waals surface area contributed by atoms with Gasteiger partial charge < -0.3 is 4.90 Å². The van der Waals surface area contributed by atoms with Crippen molar-refractivity contribution in [2.24, 2.45) is 0 Å². The molecule has 0 saturated carbocycles. The summed E-state index contributed by atoms with van der Waals surface area (Å²) in [4.78, 5) is 13.0. The largest absolute Gasteiger partial charge is 0.310 e. The van der Waals surface area contributed by atoms with Crippen LogP contribution < -0.4 is 4.90 Å². The van der Waals surface area contributed by atoms with E-state index in [0.717, 1.165) is 67.2 Å². The number of anilines is 3. The van der Waals surface area contributed by atoms with Crippen molar-refractivity contribution >= 4 is 77.2 Å². The van der Waals surface area contributed by atoms with Crippen LogP contribution >= 0.6 is 0 Å². The molecule has 13 rings (SSSR count). The van der Waals surface area contributed by atoms with E-state index in [1.165, 1.54) is 49.4 Å². The highest BCUT2D eigenvalue weighted by Gasteiger charge is 2.35. The summed E-state index contributed by atoms with van der Waals surface area (Å²) in [6.45, 7) is 4.69. The minimum Gasteiger partial charge on any atom is -0.310 e. The van der Waals surface area contributed by atoms with Crippen molar-refractivity contribution in [2.45, 2.75) is 19.3 Å². The molecule has 62 heavy (non-hydrogen) atoms. The Hall–Kier alpha value is -8.02. The van der Waals surface area contributed by atoms with Gasteiger partial charge in [-0.15, -0.1) is 0 Å². The molecule has 0 fully saturated rings. The van der Waals surface area contributed by atoms with E-state index in [1.807, 2.05) is 0 Å². The first kappa shape index (κ1) is 34.8. The number of hydrogen-bond acceptors (Lipinski definition) is 3. The Bertz CT molecular complexity index is 3780. The normalized spacial score (nSPS) is 13.1. The molecule has 0 aliphatic heterocycles. The van der Waals surface area contributed by atoms with Crippen LogP contribution in [0.5, 0.6) is 0 Å². The Morgan fingerprint density at radius 3 is 1.85 bits per heavy atom. The number of imidazole rings is 1. The molecule has 0 saturated heterocycles. The van der Waals surface area contributed by atoms with Gasteiger partial charge in [0.05, 0.1) is 27.6 Å². The molecule has 5 heteroatoms. The van der Waals surface area contributed by atoms with Gasteiger partial charge in [-0.05, 0) is 112 Å². The smallest absolute Gasteiger partial charge is 0.221 e. The molecule has 1 aliphatic carbocycles. The first-order chi connectivity index (χ1) is 30.5. The molecule has 292 valence electrons. The Kier molecular flexibility index (Phi) is 7.29. The molecule has 1 aliphatic rings. The van der Waals surface area contributed by atoms with Gasteiger partial charge in [0.2, 0.25) is 5.95 Å². The molecule has 0 unspecified atom stereocenters. The molecule has 0 spiro atoms. The van der Waals surface area contributed by atoms with Crippen LogP contribution in [-0.4, -0.2) is 18.9 Å². The molecule has 0 N–H and O–H groups in total. The second-order valence-electron chi connectivity index (χ2n) is 17.0. The number of para-hydroxylation sites is 5. The van der Waals surface area contributed by atoms with Crippen molar-refractivity contribution in [3.05, 3.63) is 211 Å². The van der Waals surface area contributed by atoms with Gasteiger partial charge in [-0.25, -0.2) is 9.97 Å². The van der Waals surface area contributed by atoms with Crippen LogP contribution in [0.4, 0.5) is 17.1 Å². The van der Waals surface area contributed by atoms with Crippen LogP contribution in [0.25, 0.3) is 88.4 Å². The summed E-state index contributed by atoms with van der Waals surface area (Å²) in [7, 11) is 0. The van der Waals surface area contributed by atoms with Crippen molar-refractivity contribution in [1.29, 1.82) is 0 Å². The Morgan fingerprint density at radius 2 is 1.03 bits per heavy atom. The molecule has 9 aromatic carbocycles. The van der Waals surface area contributed by atoms with E-state index in [9.17, 15) is 0 Å². The van der Waals surface area contributed by atoms with Crippen molar-refractivity contribution in [2.75, 3.05) is 4.90 Å². The van der Waals surface area contributed by atoms with Crippen molar-refractivity contribution in [1.82, 2.24) is 18.9 Å². The lowest BCUT2D eigenvalue weighted by Crippen LogP contribution is -2.16. The molecule has 12 aromatic rings. The maximum atomic E-state index is 5.45. The number of benzene rings is 9. The highest BCUT2D eigenvalue weighted by Crippen LogP contribution is 2.51. The molecule has 0 amide bonds. The minimum atomic E-state index is -0.0973. The van der Waals surface area contributed by atoms with E-state index in [2.05, 4.69) is 228 Å². The summed E-state index contributed by atoms with van der Waals surface area (Å²) in [5.74, 6) is 0.820. The fourth-order valence-electron chi connectivity index (χ4n) is 10.4. The average Bonchev–Trinajstić information content (AvgIpc) is 3.95. The highest BCUT2D eigenvalue weighted by atomic mass is 15.2. The van der Waals surface area contributed by atoms with Gasteiger partial charge in [-0.1, -0.05) is 141 Å². The molecule has 0 bridgehead atoms. The second-order valence-corrected chi connectivity index (χ2v) is 17.0. The fraction of sp³-hybridized carbons (Fsp3) is 0.0526. The topological polar surface area (TPSA) is 38.4 Å². The third kappa shape index (κ3) is 4.90. The zero-order valence-corrected chi connectivity index (χ0v) is 34.3. The van der Waals surface area contributed by atoms with Crippen LogP contribution in [0, 0.1) is 0 Å². The zero-order chi connectivity index (χ0) is 41.1. The van der Waals surface area contributed by atoms with Gasteiger partial charge in [0.1, 0.15) is 5.65 Å². The number of hydrogen-bond donors (Lipinski definition) is 0. The van der Waals surface area contributed by atoms with Gasteiger partial charge in [0, 0.05) is 44.0 Å². The van der Waals surface area contributed by atoms with Crippen molar-refractivity contribution < 1.29 is 0 Å². The summed E-state index contributed by atoms with van der Waals surface area (Å²) in [5.41, 5.74) is 17.0.